The molecule has 2 heterocycles. The zero-order chi connectivity index (χ0) is 19.4. The molecule has 0 bridgehead atoms. The highest BCUT2D eigenvalue weighted by Gasteiger charge is 2.31. The molecule has 1 aliphatic heterocycles. The molecule has 1 aromatic heterocycles. The predicted molar refractivity (Wildman–Crippen MR) is 92.1 cm³/mol. The van der Waals surface area contributed by atoms with E-state index in [4.69, 9.17) is 0 Å². The number of hydrogen-bond donors (Lipinski definition) is 0. The van der Waals surface area contributed by atoms with Crippen LogP contribution in [0.3, 0.4) is 0 Å². The molecule has 0 N–H and O–H groups in total. The van der Waals surface area contributed by atoms with E-state index >= 15 is 0 Å². The lowest BCUT2D eigenvalue weighted by Crippen LogP contribution is -2.35. The molecule has 1 saturated heterocycles. The Balaban J connectivity index is 1.54. The molecular weight excluding hydrogens is 361 g/mol. The molecule has 9 heteroatoms. The molecule has 146 valence electrons. The van der Waals surface area contributed by atoms with E-state index in [1.165, 1.54) is 12.1 Å². The van der Waals surface area contributed by atoms with Crippen molar-refractivity contribution in [2.75, 3.05) is 26.2 Å². The third kappa shape index (κ3) is 5.46. The van der Waals surface area contributed by atoms with Gasteiger partial charge in [-0.2, -0.15) is 5.10 Å². The number of halogens is 3. The molecule has 0 aliphatic carbocycles. The Morgan fingerprint density at radius 3 is 2.52 bits per heavy atom. The van der Waals surface area contributed by atoms with Crippen LogP contribution in [-0.4, -0.2) is 58.0 Å². The maximum absolute atomic E-state index is 12.5. The number of carbonyl (C=O) groups excluding carboxylic acids is 1. The first kappa shape index (κ1) is 19.2. The summed E-state index contributed by atoms with van der Waals surface area (Å²) in [5.41, 5.74) is 1.47. The molecule has 1 fully saturated rings. The van der Waals surface area contributed by atoms with Gasteiger partial charge in [0.25, 0.3) is 5.91 Å². The van der Waals surface area contributed by atoms with Crippen molar-refractivity contribution >= 4 is 5.91 Å². The lowest BCUT2D eigenvalue weighted by molar-refractivity contribution is -0.274. The summed E-state index contributed by atoms with van der Waals surface area (Å²) in [6, 6.07) is 5.90. The second-order valence-corrected chi connectivity index (χ2v) is 6.52. The van der Waals surface area contributed by atoms with Gasteiger partial charge in [-0.25, -0.2) is 0 Å². The second kappa shape index (κ2) is 7.99. The van der Waals surface area contributed by atoms with Gasteiger partial charge in [0.2, 0.25) is 0 Å². The summed E-state index contributed by atoms with van der Waals surface area (Å²) in [5.74, 6) is -0.256. The lowest BCUT2D eigenvalue weighted by Gasteiger charge is -2.22. The highest BCUT2D eigenvalue weighted by Crippen LogP contribution is 2.23. The van der Waals surface area contributed by atoms with Crippen LogP contribution in [0.15, 0.2) is 36.7 Å². The number of amides is 1. The van der Waals surface area contributed by atoms with Crippen LogP contribution in [0.5, 0.6) is 5.75 Å². The van der Waals surface area contributed by atoms with Crippen molar-refractivity contribution in [2.24, 2.45) is 7.05 Å². The molecule has 2 aromatic rings. The van der Waals surface area contributed by atoms with Crippen LogP contribution in [0.2, 0.25) is 0 Å². The van der Waals surface area contributed by atoms with Crippen LogP contribution in [0, 0.1) is 0 Å². The molecule has 6 nitrogen and oxygen atoms in total. The molecular formula is C18H21F3N4O2. The van der Waals surface area contributed by atoms with E-state index in [9.17, 15) is 18.0 Å². The summed E-state index contributed by atoms with van der Waals surface area (Å²) >= 11 is 0. The average Bonchev–Trinajstić information content (AvgIpc) is 2.90. The summed E-state index contributed by atoms with van der Waals surface area (Å²) in [4.78, 5) is 16.5. The average molecular weight is 382 g/mol. The zero-order valence-corrected chi connectivity index (χ0v) is 14.9. The monoisotopic (exact) mass is 382 g/mol. The first-order valence-electron chi connectivity index (χ1n) is 8.65. The number of aryl methyl sites for hydroxylation is 1. The van der Waals surface area contributed by atoms with Crippen molar-refractivity contribution in [2.45, 2.75) is 19.3 Å². The minimum Gasteiger partial charge on any atom is -0.406 e. The number of ether oxygens (including phenoxy) is 1. The largest absolute Gasteiger partial charge is 0.573 e. The van der Waals surface area contributed by atoms with Gasteiger partial charge in [-0.15, -0.1) is 13.2 Å². The topological polar surface area (TPSA) is 50.6 Å². The van der Waals surface area contributed by atoms with Gasteiger partial charge in [0.1, 0.15) is 5.75 Å². The summed E-state index contributed by atoms with van der Waals surface area (Å²) < 4.78 is 42.1. The predicted octanol–water partition coefficient (Wildman–Crippen LogP) is 2.67. The molecule has 27 heavy (non-hydrogen) atoms. The number of nitrogens with zero attached hydrogens (tertiary/aromatic N) is 4. The van der Waals surface area contributed by atoms with Crippen molar-refractivity contribution in [3.63, 3.8) is 0 Å². The number of rotatable bonds is 4. The second-order valence-electron chi connectivity index (χ2n) is 6.52. The number of carbonyl (C=O) groups is 1. The first-order valence-corrected chi connectivity index (χ1v) is 8.65. The third-order valence-electron chi connectivity index (χ3n) is 4.39. The fourth-order valence-corrected chi connectivity index (χ4v) is 3.10. The van der Waals surface area contributed by atoms with Crippen molar-refractivity contribution in [3.05, 3.63) is 47.8 Å². The quantitative estimate of drug-likeness (QED) is 0.816. The fraction of sp³-hybridized carbons (Fsp3) is 0.444. The highest BCUT2D eigenvalue weighted by molar-refractivity contribution is 5.93. The van der Waals surface area contributed by atoms with E-state index in [-0.39, 0.29) is 11.7 Å². The molecule has 0 atom stereocenters. The molecule has 3 rings (SSSR count). The van der Waals surface area contributed by atoms with Gasteiger partial charge in [-0.1, -0.05) is 12.1 Å². The van der Waals surface area contributed by atoms with Crippen LogP contribution in [0.25, 0.3) is 0 Å². The Labute approximate surface area is 155 Å². The van der Waals surface area contributed by atoms with Crippen molar-refractivity contribution in [1.29, 1.82) is 0 Å². The summed E-state index contributed by atoms with van der Waals surface area (Å²) in [5, 5.41) is 4.03. The van der Waals surface area contributed by atoms with Gasteiger partial charge in [-0.3, -0.25) is 14.4 Å². The van der Waals surface area contributed by atoms with Crippen molar-refractivity contribution in [1.82, 2.24) is 19.6 Å². The SMILES string of the molecule is Cn1cc(C(=O)N2CCCN(Cc3ccc(OC(F)(F)F)cc3)CC2)cn1. The standard InChI is InChI=1S/C18H21F3N4O2/c1-23-13-15(11-22-23)17(26)25-8-2-7-24(9-10-25)12-14-3-5-16(6-4-14)27-18(19,20)21/h3-6,11,13H,2,7-10,12H2,1H3. The fourth-order valence-electron chi connectivity index (χ4n) is 3.10. The van der Waals surface area contributed by atoms with Gasteiger partial charge in [-0.05, 0) is 24.1 Å². The third-order valence-corrected chi connectivity index (χ3v) is 4.39. The Morgan fingerprint density at radius 2 is 1.89 bits per heavy atom. The Hall–Kier alpha value is -2.55. The maximum atomic E-state index is 12.5. The van der Waals surface area contributed by atoms with E-state index in [1.807, 2.05) is 4.90 Å². The number of hydrogen-bond acceptors (Lipinski definition) is 4. The van der Waals surface area contributed by atoms with Crippen LogP contribution in [0.1, 0.15) is 22.3 Å². The van der Waals surface area contributed by atoms with Crippen molar-refractivity contribution in [3.8, 4) is 5.75 Å². The van der Waals surface area contributed by atoms with Gasteiger partial charge >= 0.3 is 6.36 Å². The van der Waals surface area contributed by atoms with E-state index < -0.39 is 6.36 Å². The Bertz CT molecular complexity index is 774. The maximum Gasteiger partial charge on any atom is 0.573 e. The smallest absolute Gasteiger partial charge is 0.406 e. The minimum atomic E-state index is -4.68. The van der Waals surface area contributed by atoms with E-state index in [1.54, 1.807) is 36.3 Å². The van der Waals surface area contributed by atoms with E-state index in [2.05, 4.69) is 14.7 Å². The van der Waals surface area contributed by atoms with Gasteiger partial charge < -0.3 is 9.64 Å². The molecule has 0 saturated carbocycles. The number of benzene rings is 1. The first-order chi connectivity index (χ1) is 12.8. The summed E-state index contributed by atoms with van der Waals surface area (Å²) in [6.07, 6.45) is -0.580. The van der Waals surface area contributed by atoms with Crippen LogP contribution < -0.4 is 4.74 Å². The van der Waals surface area contributed by atoms with E-state index in [0.29, 0.717) is 31.7 Å². The Kier molecular flexibility index (Phi) is 5.69. The van der Waals surface area contributed by atoms with Crippen LogP contribution in [-0.2, 0) is 13.6 Å². The molecule has 0 unspecified atom stereocenters. The number of alkyl halides is 3. The summed E-state index contributed by atoms with van der Waals surface area (Å²) in [6.45, 7) is 3.40. The zero-order valence-electron chi connectivity index (χ0n) is 14.9. The molecule has 1 aliphatic rings. The highest BCUT2D eigenvalue weighted by atomic mass is 19.4. The van der Waals surface area contributed by atoms with Crippen LogP contribution in [0.4, 0.5) is 13.2 Å². The minimum absolute atomic E-state index is 0.0291. The summed E-state index contributed by atoms with van der Waals surface area (Å²) in [7, 11) is 1.77. The van der Waals surface area contributed by atoms with Gasteiger partial charge in [0, 0.05) is 46.0 Å². The molecule has 0 spiro atoms. The Morgan fingerprint density at radius 1 is 1.15 bits per heavy atom. The number of aromatic nitrogens is 2. The van der Waals surface area contributed by atoms with Crippen LogP contribution >= 0.6 is 0 Å². The van der Waals surface area contributed by atoms with Gasteiger partial charge in [0.15, 0.2) is 0 Å². The van der Waals surface area contributed by atoms with Crippen molar-refractivity contribution < 1.29 is 22.7 Å². The van der Waals surface area contributed by atoms with Gasteiger partial charge in [0.05, 0.1) is 11.8 Å². The molecule has 1 amide bonds. The lowest BCUT2D eigenvalue weighted by atomic mass is 10.2. The molecule has 1 aromatic carbocycles. The molecule has 0 radical (unpaired) electrons. The van der Waals surface area contributed by atoms with E-state index in [0.717, 1.165) is 18.5 Å². The normalized spacial score (nSPS) is 16.2.